The van der Waals surface area contributed by atoms with Crippen LogP contribution in [0.2, 0.25) is 0 Å². The van der Waals surface area contributed by atoms with Gasteiger partial charge in [-0.2, -0.15) is 12.6 Å². The number of carboxylic acid groups (broad SMARTS) is 1. The third kappa shape index (κ3) is 3.82. The van der Waals surface area contributed by atoms with Gasteiger partial charge in [0.05, 0.1) is 0 Å². The van der Waals surface area contributed by atoms with Crippen LogP contribution in [-0.4, -0.2) is 11.7 Å². The van der Waals surface area contributed by atoms with Crippen LogP contribution in [0.3, 0.4) is 0 Å². The summed E-state index contributed by atoms with van der Waals surface area (Å²) in [5, 5.41) is 9.44. The van der Waals surface area contributed by atoms with Gasteiger partial charge in [0.25, 0.3) is 0 Å². The first-order valence-corrected chi connectivity index (χ1v) is 2.21. The molecule has 0 fully saturated rings. The maximum Gasteiger partial charge on any atom is 0.0422 e. The fourth-order valence-electron chi connectivity index (χ4n) is 0.0913. The Hall–Kier alpha value is -0.180. The Kier molecular flexibility index (Phi) is 2.94. The van der Waals surface area contributed by atoms with Crippen LogP contribution < -0.4 is 5.11 Å². The van der Waals surface area contributed by atoms with Crippen LogP contribution in [0.1, 0.15) is 6.42 Å². The zero-order valence-corrected chi connectivity index (χ0v) is 4.07. The number of hydrogen-bond acceptors (Lipinski definition) is 3. The van der Waals surface area contributed by atoms with Gasteiger partial charge in [0.1, 0.15) is 0 Å². The molecule has 0 unspecified atom stereocenters. The van der Waals surface area contributed by atoms with Crippen molar-refractivity contribution in [3.05, 3.63) is 0 Å². The lowest BCUT2D eigenvalue weighted by Gasteiger charge is -1.91. The van der Waals surface area contributed by atoms with Gasteiger partial charge in [-0.15, -0.1) is 0 Å². The van der Waals surface area contributed by atoms with Gasteiger partial charge in [-0.3, -0.25) is 0 Å². The lowest BCUT2D eigenvalue weighted by Crippen LogP contribution is -2.21. The fraction of sp³-hybridized carbons (Fsp3) is 0.667. The minimum atomic E-state index is -1.04. The van der Waals surface area contributed by atoms with Gasteiger partial charge in [-0.05, 0) is 12.2 Å². The van der Waals surface area contributed by atoms with Crippen LogP contribution in [0.4, 0.5) is 0 Å². The molecule has 6 heavy (non-hydrogen) atoms. The van der Waals surface area contributed by atoms with E-state index in [0.717, 1.165) is 0 Å². The van der Waals surface area contributed by atoms with Gasteiger partial charge in [0, 0.05) is 5.97 Å². The van der Waals surface area contributed by atoms with E-state index in [1.165, 1.54) is 0 Å². The fourth-order valence-corrected chi connectivity index (χ4v) is 0.274. The largest absolute Gasteiger partial charge is 0.550 e. The molecule has 0 saturated heterocycles. The summed E-state index contributed by atoms with van der Waals surface area (Å²) >= 11 is 3.64. The second-order valence-electron chi connectivity index (χ2n) is 0.846. The highest BCUT2D eigenvalue weighted by molar-refractivity contribution is 7.80. The maximum absolute atomic E-state index is 9.44. The van der Waals surface area contributed by atoms with Gasteiger partial charge in [-0.1, -0.05) is 0 Å². The van der Waals surface area contributed by atoms with E-state index in [9.17, 15) is 9.90 Å². The van der Waals surface area contributed by atoms with E-state index < -0.39 is 5.97 Å². The second kappa shape index (κ2) is 3.03. The van der Waals surface area contributed by atoms with E-state index in [1.54, 1.807) is 0 Å². The Morgan fingerprint density at radius 3 is 2.33 bits per heavy atom. The molecule has 0 aromatic carbocycles. The topological polar surface area (TPSA) is 40.1 Å². The van der Waals surface area contributed by atoms with E-state index in [4.69, 9.17) is 0 Å². The molecule has 0 aliphatic rings. The van der Waals surface area contributed by atoms with E-state index in [0.29, 0.717) is 5.75 Å². The van der Waals surface area contributed by atoms with Crippen LogP contribution in [0, 0.1) is 0 Å². The molecule has 0 saturated carbocycles. The summed E-state index contributed by atoms with van der Waals surface area (Å²) in [6.07, 6.45) is 0.0448. The normalized spacial score (nSPS) is 8.17. The number of aliphatic carboxylic acids is 1. The summed E-state index contributed by atoms with van der Waals surface area (Å²) in [6, 6.07) is 0. The standard InChI is InChI=1S/C3H6O2S/c4-3(5)1-2-6/h6H,1-2H2,(H,4,5)/p-1. The van der Waals surface area contributed by atoms with Crippen molar-refractivity contribution in [3.8, 4) is 0 Å². The summed E-state index contributed by atoms with van der Waals surface area (Å²) < 4.78 is 0. The number of carbonyl (C=O) groups excluding carboxylic acids is 1. The zero-order chi connectivity index (χ0) is 4.99. The Morgan fingerprint density at radius 2 is 2.33 bits per heavy atom. The van der Waals surface area contributed by atoms with Crippen LogP contribution in [-0.2, 0) is 4.79 Å². The number of hydrogen-bond donors (Lipinski definition) is 1. The first kappa shape index (κ1) is 5.82. The Balaban J connectivity index is 2.83. The van der Waals surface area contributed by atoms with Crippen molar-refractivity contribution in [2.75, 3.05) is 5.75 Å². The van der Waals surface area contributed by atoms with E-state index in [2.05, 4.69) is 12.6 Å². The maximum atomic E-state index is 9.44. The minimum absolute atomic E-state index is 0.0448. The molecule has 3 heteroatoms. The molecule has 0 aromatic rings. The van der Waals surface area contributed by atoms with Crippen LogP contribution >= 0.6 is 12.6 Å². The van der Waals surface area contributed by atoms with E-state index >= 15 is 0 Å². The first-order valence-electron chi connectivity index (χ1n) is 1.58. The molecule has 0 amide bonds. The van der Waals surface area contributed by atoms with Crippen molar-refractivity contribution < 1.29 is 9.90 Å². The summed E-state index contributed by atoms with van der Waals surface area (Å²) in [6.45, 7) is 0. The number of rotatable bonds is 2. The van der Waals surface area contributed by atoms with Crippen LogP contribution in [0.5, 0.6) is 0 Å². The molecule has 0 radical (unpaired) electrons. The number of carbonyl (C=O) groups is 1. The van der Waals surface area contributed by atoms with Crippen molar-refractivity contribution in [1.29, 1.82) is 0 Å². The van der Waals surface area contributed by atoms with Gasteiger partial charge in [-0.25, -0.2) is 0 Å². The highest BCUT2D eigenvalue weighted by Crippen LogP contribution is 1.77. The number of thiol groups is 1. The molecule has 2 nitrogen and oxygen atoms in total. The van der Waals surface area contributed by atoms with Crippen molar-refractivity contribution in [2.45, 2.75) is 6.42 Å². The first-order chi connectivity index (χ1) is 2.77. The molecule has 36 valence electrons. The van der Waals surface area contributed by atoms with Gasteiger partial charge < -0.3 is 9.90 Å². The van der Waals surface area contributed by atoms with Gasteiger partial charge in [0.15, 0.2) is 0 Å². The second-order valence-corrected chi connectivity index (χ2v) is 1.29. The summed E-state index contributed by atoms with van der Waals surface area (Å²) in [7, 11) is 0. The van der Waals surface area contributed by atoms with Crippen molar-refractivity contribution in [3.63, 3.8) is 0 Å². The van der Waals surface area contributed by atoms with E-state index in [-0.39, 0.29) is 6.42 Å². The lowest BCUT2D eigenvalue weighted by molar-refractivity contribution is -0.305. The summed E-state index contributed by atoms with van der Waals surface area (Å²) in [5.41, 5.74) is 0. The Labute approximate surface area is 41.6 Å². The predicted molar refractivity (Wildman–Crippen MR) is 23.5 cm³/mol. The van der Waals surface area contributed by atoms with Crippen molar-refractivity contribution >= 4 is 18.6 Å². The molecule has 0 atom stereocenters. The molecular formula is C3H5O2S-. The SMILES string of the molecule is O=C([O-])CCS. The van der Waals surface area contributed by atoms with Crippen LogP contribution in [0.15, 0.2) is 0 Å². The molecule has 0 bridgehead atoms. The number of carboxylic acids is 1. The quantitative estimate of drug-likeness (QED) is 0.460. The van der Waals surface area contributed by atoms with Gasteiger partial charge in [0.2, 0.25) is 0 Å². The molecule has 0 heterocycles. The zero-order valence-electron chi connectivity index (χ0n) is 3.18. The van der Waals surface area contributed by atoms with E-state index in [1.807, 2.05) is 0 Å². The lowest BCUT2D eigenvalue weighted by atomic mass is 10.5. The predicted octanol–water partition coefficient (Wildman–Crippen LogP) is -0.944. The molecule has 0 aliphatic heterocycles. The Morgan fingerprint density at radius 1 is 1.83 bits per heavy atom. The monoisotopic (exact) mass is 105 g/mol. The average molecular weight is 105 g/mol. The molecular weight excluding hydrogens is 100 g/mol. The molecule has 0 rings (SSSR count). The molecule has 0 aromatic heterocycles. The highest BCUT2D eigenvalue weighted by Gasteiger charge is 1.75. The highest BCUT2D eigenvalue weighted by atomic mass is 32.1. The van der Waals surface area contributed by atoms with Gasteiger partial charge >= 0.3 is 0 Å². The minimum Gasteiger partial charge on any atom is -0.550 e. The van der Waals surface area contributed by atoms with Crippen molar-refractivity contribution in [2.24, 2.45) is 0 Å². The average Bonchev–Trinajstić information content (AvgIpc) is 1.35. The molecule has 0 aliphatic carbocycles. The smallest absolute Gasteiger partial charge is 0.0422 e. The molecule has 0 N–H and O–H groups in total. The third-order valence-electron chi connectivity index (χ3n) is 0.316. The van der Waals surface area contributed by atoms with Crippen molar-refractivity contribution in [1.82, 2.24) is 0 Å². The summed E-state index contributed by atoms with van der Waals surface area (Å²) in [5.74, 6) is -0.674. The van der Waals surface area contributed by atoms with Crippen LogP contribution in [0.25, 0.3) is 0 Å². The molecule has 0 spiro atoms. The summed E-state index contributed by atoms with van der Waals surface area (Å²) in [4.78, 5) is 9.44. The third-order valence-corrected chi connectivity index (χ3v) is 0.540. The Bertz CT molecular complexity index is 52.8.